The highest BCUT2D eigenvalue weighted by atomic mass is 16.4. The van der Waals surface area contributed by atoms with Crippen LogP contribution >= 0.6 is 0 Å². The molecule has 1 amide bonds. The van der Waals surface area contributed by atoms with Crippen LogP contribution in [0.4, 0.5) is 0 Å². The summed E-state index contributed by atoms with van der Waals surface area (Å²) in [5.74, 6) is 0.592. The lowest BCUT2D eigenvalue weighted by molar-refractivity contribution is -0.150. The Balaban J connectivity index is 1.68. The number of aliphatic carboxylic acids is 1. The summed E-state index contributed by atoms with van der Waals surface area (Å²) in [5.41, 5.74) is -1.04. The third kappa shape index (κ3) is 2.68. The molecule has 3 N–H and O–H groups in total. The predicted octanol–water partition coefficient (Wildman–Crippen LogP) is 1.52. The minimum absolute atomic E-state index is 0.0960. The molecule has 3 fully saturated rings. The van der Waals surface area contributed by atoms with Gasteiger partial charge in [-0.15, -0.1) is 0 Å². The fraction of sp³-hybridized carbons (Fsp3) is 0.875. The van der Waals surface area contributed by atoms with Crippen molar-refractivity contribution in [3.05, 3.63) is 0 Å². The summed E-state index contributed by atoms with van der Waals surface area (Å²) >= 11 is 0. The van der Waals surface area contributed by atoms with Crippen molar-refractivity contribution in [1.29, 1.82) is 0 Å². The summed E-state index contributed by atoms with van der Waals surface area (Å²) in [5, 5.41) is 15.8. The maximum atomic E-state index is 12.6. The number of fused-ring (bicyclic) bond motifs is 1. The number of nitrogens with one attached hydrogen (secondary N) is 2. The zero-order chi connectivity index (χ0) is 15.0. The summed E-state index contributed by atoms with van der Waals surface area (Å²) < 4.78 is 0. The zero-order valence-electron chi connectivity index (χ0n) is 12.7. The number of carboxylic acids is 1. The summed E-state index contributed by atoms with van der Waals surface area (Å²) in [7, 11) is 0. The quantitative estimate of drug-likeness (QED) is 0.737. The number of rotatable bonds is 3. The first-order chi connectivity index (χ1) is 10.0. The van der Waals surface area contributed by atoms with Gasteiger partial charge in [0, 0.05) is 0 Å². The highest BCUT2D eigenvalue weighted by Gasteiger charge is 2.47. The van der Waals surface area contributed by atoms with Crippen LogP contribution < -0.4 is 10.6 Å². The third-order valence-electron chi connectivity index (χ3n) is 5.93. The van der Waals surface area contributed by atoms with E-state index in [1.54, 1.807) is 0 Å². The Morgan fingerprint density at radius 1 is 1.19 bits per heavy atom. The Bertz CT molecular complexity index is 429. The van der Waals surface area contributed by atoms with Crippen LogP contribution in [0.25, 0.3) is 0 Å². The van der Waals surface area contributed by atoms with Crippen LogP contribution in [0.2, 0.25) is 0 Å². The fourth-order valence-corrected chi connectivity index (χ4v) is 4.44. The molecule has 3 rings (SSSR count). The standard InChI is InChI=1S/C16H26N2O3/c1-10-5-7-16(8-6-10,15(20)21)18-14(19)13-12-4-2-3-11(12)9-17-13/h10-13,17H,2-9H2,1H3,(H,18,19)(H,20,21). The molecule has 0 aromatic heterocycles. The van der Waals surface area contributed by atoms with Crippen molar-refractivity contribution in [3.63, 3.8) is 0 Å². The van der Waals surface area contributed by atoms with E-state index in [0.717, 1.165) is 25.8 Å². The van der Waals surface area contributed by atoms with Gasteiger partial charge in [-0.05, 0) is 62.8 Å². The van der Waals surface area contributed by atoms with E-state index in [1.807, 2.05) is 0 Å². The molecule has 3 aliphatic rings. The molecule has 118 valence electrons. The Hall–Kier alpha value is -1.10. The van der Waals surface area contributed by atoms with Gasteiger partial charge in [0.15, 0.2) is 0 Å². The maximum Gasteiger partial charge on any atom is 0.329 e. The monoisotopic (exact) mass is 294 g/mol. The van der Waals surface area contributed by atoms with Gasteiger partial charge in [-0.3, -0.25) is 4.79 Å². The normalized spacial score (nSPS) is 42.5. The van der Waals surface area contributed by atoms with Crippen molar-refractivity contribution < 1.29 is 14.7 Å². The second-order valence-corrected chi connectivity index (χ2v) is 7.30. The van der Waals surface area contributed by atoms with Gasteiger partial charge in [-0.25, -0.2) is 4.79 Å². The summed E-state index contributed by atoms with van der Waals surface area (Å²) in [6.45, 7) is 3.05. The van der Waals surface area contributed by atoms with Crippen LogP contribution in [0.3, 0.4) is 0 Å². The van der Waals surface area contributed by atoms with E-state index in [1.165, 1.54) is 12.8 Å². The minimum Gasteiger partial charge on any atom is -0.480 e. The summed E-state index contributed by atoms with van der Waals surface area (Å²) in [6.07, 6.45) is 6.33. The number of amides is 1. The van der Waals surface area contributed by atoms with Crippen molar-refractivity contribution in [2.45, 2.75) is 63.5 Å². The summed E-state index contributed by atoms with van der Waals surface area (Å²) in [4.78, 5) is 24.3. The van der Waals surface area contributed by atoms with Crippen LogP contribution in [0, 0.1) is 17.8 Å². The fourth-order valence-electron chi connectivity index (χ4n) is 4.44. The van der Waals surface area contributed by atoms with Crippen molar-refractivity contribution in [2.75, 3.05) is 6.54 Å². The van der Waals surface area contributed by atoms with E-state index in [4.69, 9.17) is 0 Å². The number of carboxylic acid groups (broad SMARTS) is 1. The molecular formula is C16H26N2O3. The van der Waals surface area contributed by atoms with Crippen LogP contribution in [0.1, 0.15) is 51.9 Å². The Morgan fingerprint density at radius 3 is 2.57 bits per heavy atom. The molecule has 2 saturated carbocycles. The van der Waals surface area contributed by atoms with E-state index in [2.05, 4.69) is 17.6 Å². The van der Waals surface area contributed by atoms with Gasteiger partial charge in [0.25, 0.3) is 0 Å². The smallest absolute Gasteiger partial charge is 0.329 e. The molecule has 1 heterocycles. The molecule has 3 unspecified atom stereocenters. The van der Waals surface area contributed by atoms with Crippen LogP contribution in [-0.2, 0) is 9.59 Å². The number of carbonyl (C=O) groups is 2. The Labute approximate surface area is 125 Å². The zero-order valence-corrected chi connectivity index (χ0v) is 12.7. The van der Waals surface area contributed by atoms with Crippen LogP contribution in [0.15, 0.2) is 0 Å². The number of hydrogen-bond acceptors (Lipinski definition) is 3. The third-order valence-corrected chi connectivity index (χ3v) is 5.93. The van der Waals surface area contributed by atoms with Crippen molar-refractivity contribution in [1.82, 2.24) is 10.6 Å². The molecule has 2 aliphatic carbocycles. The molecule has 1 aliphatic heterocycles. The average molecular weight is 294 g/mol. The van der Waals surface area contributed by atoms with Crippen LogP contribution in [-0.4, -0.2) is 35.1 Å². The highest BCUT2D eigenvalue weighted by Crippen LogP contribution is 2.38. The van der Waals surface area contributed by atoms with Gasteiger partial charge in [0.1, 0.15) is 5.54 Å². The van der Waals surface area contributed by atoms with Gasteiger partial charge < -0.3 is 15.7 Å². The first-order valence-electron chi connectivity index (χ1n) is 8.31. The largest absolute Gasteiger partial charge is 0.480 e. The van der Waals surface area contributed by atoms with E-state index >= 15 is 0 Å². The summed E-state index contributed by atoms with van der Waals surface area (Å²) in [6, 6.07) is -0.187. The lowest BCUT2D eigenvalue weighted by Crippen LogP contribution is -2.60. The molecule has 0 bridgehead atoms. The van der Waals surface area contributed by atoms with Crippen molar-refractivity contribution in [2.24, 2.45) is 17.8 Å². The molecule has 0 radical (unpaired) electrons. The van der Waals surface area contributed by atoms with Crippen LogP contribution in [0.5, 0.6) is 0 Å². The van der Waals surface area contributed by atoms with Gasteiger partial charge in [-0.1, -0.05) is 13.3 Å². The SMILES string of the molecule is CC1CCC(NC(=O)C2NCC3CCCC32)(C(=O)O)CC1. The molecule has 0 aromatic carbocycles. The van der Waals surface area contributed by atoms with Crippen molar-refractivity contribution >= 4 is 11.9 Å². The Kier molecular flexibility index (Phi) is 3.95. The molecule has 3 atom stereocenters. The lowest BCUT2D eigenvalue weighted by Gasteiger charge is -2.37. The predicted molar refractivity (Wildman–Crippen MR) is 78.8 cm³/mol. The molecule has 0 aromatic rings. The number of hydrogen-bond donors (Lipinski definition) is 3. The topological polar surface area (TPSA) is 78.4 Å². The van der Waals surface area contributed by atoms with Crippen molar-refractivity contribution in [3.8, 4) is 0 Å². The van der Waals surface area contributed by atoms with Gasteiger partial charge in [0.2, 0.25) is 5.91 Å². The minimum atomic E-state index is -1.04. The number of carbonyl (C=O) groups excluding carboxylic acids is 1. The molecule has 5 heteroatoms. The Morgan fingerprint density at radius 2 is 1.90 bits per heavy atom. The average Bonchev–Trinajstić information content (AvgIpc) is 3.03. The molecule has 1 saturated heterocycles. The van der Waals surface area contributed by atoms with E-state index in [0.29, 0.717) is 30.6 Å². The molecule has 21 heavy (non-hydrogen) atoms. The van der Waals surface area contributed by atoms with E-state index in [9.17, 15) is 14.7 Å². The highest BCUT2D eigenvalue weighted by molar-refractivity contribution is 5.90. The maximum absolute atomic E-state index is 12.6. The second-order valence-electron chi connectivity index (χ2n) is 7.30. The van der Waals surface area contributed by atoms with E-state index < -0.39 is 11.5 Å². The second kappa shape index (κ2) is 5.59. The first-order valence-corrected chi connectivity index (χ1v) is 8.31. The lowest BCUT2D eigenvalue weighted by atomic mass is 9.76. The van der Waals surface area contributed by atoms with Gasteiger partial charge in [-0.2, -0.15) is 0 Å². The molecule has 0 spiro atoms. The first kappa shape index (κ1) is 14.8. The van der Waals surface area contributed by atoms with Gasteiger partial charge >= 0.3 is 5.97 Å². The van der Waals surface area contributed by atoms with Gasteiger partial charge in [0.05, 0.1) is 6.04 Å². The molecular weight excluding hydrogens is 268 g/mol. The van der Waals surface area contributed by atoms with E-state index in [-0.39, 0.29) is 11.9 Å². The molecule has 5 nitrogen and oxygen atoms in total.